The summed E-state index contributed by atoms with van der Waals surface area (Å²) in [5, 5.41) is 3.60. The van der Waals surface area contributed by atoms with Gasteiger partial charge in [-0.3, -0.25) is 9.59 Å². The summed E-state index contributed by atoms with van der Waals surface area (Å²) >= 11 is 5.94. The summed E-state index contributed by atoms with van der Waals surface area (Å²) < 4.78 is 55.2. The summed E-state index contributed by atoms with van der Waals surface area (Å²) in [7, 11) is 0. The van der Waals surface area contributed by atoms with Gasteiger partial charge in [-0.2, -0.15) is 0 Å². The average Bonchev–Trinajstić information content (AvgIpc) is 3.44. The highest BCUT2D eigenvalue weighted by molar-refractivity contribution is 6.31. The van der Waals surface area contributed by atoms with Crippen LogP contribution in [0.1, 0.15) is 28.9 Å². The lowest BCUT2D eigenvalue weighted by Gasteiger charge is -2.26. The van der Waals surface area contributed by atoms with Crippen molar-refractivity contribution >= 4 is 34.4 Å². The number of carbonyl (C=O) groups is 2. The number of fused-ring (bicyclic) bond motifs is 2. The third kappa shape index (κ3) is 4.84. The summed E-state index contributed by atoms with van der Waals surface area (Å²) in [6.45, 7) is 0.290. The van der Waals surface area contributed by atoms with E-state index in [1.165, 1.54) is 23.2 Å². The van der Waals surface area contributed by atoms with Gasteiger partial charge in [-0.05, 0) is 35.6 Å². The van der Waals surface area contributed by atoms with Crippen molar-refractivity contribution in [2.45, 2.75) is 31.2 Å². The molecule has 1 saturated heterocycles. The number of pyridine rings is 1. The number of nitrogens with zero attached hydrogens (tertiary/aromatic N) is 2. The Labute approximate surface area is 202 Å². The van der Waals surface area contributed by atoms with E-state index in [9.17, 15) is 27.2 Å². The van der Waals surface area contributed by atoms with Crippen molar-refractivity contribution in [1.29, 1.82) is 0 Å². The number of aromatic nitrogens is 2. The van der Waals surface area contributed by atoms with Crippen LogP contribution < -0.4 is 5.32 Å². The molecule has 1 saturated carbocycles. The predicted molar refractivity (Wildman–Crippen MR) is 120 cm³/mol. The van der Waals surface area contributed by atoms with Gasteiger partial charge in [0.1, 0.15) is 29.0 Å². The van der Waals surface area contributed by atoms with Crippen molar-refractivity contribution in [1.82, 2.24) is 20.2 Å². The minimum absolute atomic E-state index is 0.0427. The zero-order valence-corrected chi connectivity index (χ0v) is 19.1. The van der Waals surface area contributed by atoms with Crippen molar-refractivity contribution < 1.29 is 27.2 Å². The summed E-state index contributed by atoms with van der Waals surface area (Å²) in [5.74, 6) is -6.13. The van der Waals surface area contributed by atoms with Crippen LogP contribution in [0, 0.1) is 23.5 Å². The maximum Gasteiger partial charge on any atom is 0.268 e. The van der Waals surface area contributed by atoms with E-state index in [0.717, 1.165) is 6.07 Å². The van der Waals surface area contributed by atoms with Crippen LogP contribution in [-0.4, -0.2) is 51.7 Å². The molecule has 2 N–H and O–H groups in total. The second kappa shape index (κ2) is 8.82. The molecule has 0 radical (unpaired) electrons. The van der Waals surface area contributed by atoms with Crippen LogP contribution in [-0.2, 0) is 11.2 Å². The molecule has 0 bridgehead atoms. The summed E-state index contributed by atoms with van der Waals surface area (Å²) in [6, 6.07) is 4.93. The van der Waals surface area contributed by atoms with Crippen LogP contribution >= 0.6 is 11.6 Å². The van der Waals surface area contributed by atoms with Crippen molar-refractivity contribution in [3.63, 3.8) is 0 Å². The number of hydrogen-bond acceptors (Lipinski definition) is 3. The SMILES string of the molecule is O=C(N[C@@H](Cc1ccc(F)cc1F)C(=O)N1CC2CC(F)(F)C[C@H]2C1)c1cc2cc(Cl)cnc2[nH]1. The molecule has 1 aliphatic heterocycles. The molecule has 1 unspecified atom stereocenters. The van der Waals surface area contributed by atoms with Crippen molar-refractivity contribution in [2.24, 2.45) is 11.8 Å². The lowest BCUT2D eigenvalue weighted by atomic mass is 10.0. The highest BCUT2D eigenvalue weighted by Gasteiger charge is 2.51. The third-order valence-electron chi connectivity index (χ3n) is 6.73. The van der Waals surface area contributed by atoms with E-state index in [1.54, 1.807) is 6.07 Å². The monoisotopic (exact) mass is 508 g/mol. The molecule has 2 aromatic heterocycles. The van der Waals surface area contributed by atoms with Gasteiger partial charge in [-0.25, -0.2) is 22.5 Å². The number of benzene rings is 1. The number of rotatable bonds is 5. The number of hydrogen-bond donors (Lipinski definition) is 2. The van der Waals surface area contributed by atoms with Gasteiger partial charge in [0.25, 0.3) is 5.91 Å². The Morgan fingerprint density at radius 2 is 1.89 bits per heavy atom. The first kappa shape index (κ1) is 23.6. The zero-order valence-electron chi connectivity index (χ0n) is 18.3. The molecule has 1 aliphatic carbocycles. The van der Waals surface area contributed by atoms with Gasteiger partial charge in [0.2, 0.25) is 11.8 Å². The molecular weight excluding hydrogens is 488 g/mol. The molecule has 3 aromatic rings. The molecule has 11 heteroatoms. The second-order valence-electron chi connectivity index (χ2n) is 9.27. The van der Waals surface area contributed by atoms with E-state index < -0.39 is 35.4 Å². The summed E-state index contributed by atoms with van der Waals surface area (Å²) in [4.78, 5) is 34.8. The fraction of sp³-hybridized carbons (Fsp3) is 0.375. The number of aromatic amines is 1. The Morgan fingerprint density at radius 1 is 1.17 bits per heavy atom. The Bertz CT molecular complexity index is 1300. The summed E-state index contributed by atoms with van der Waals surface area (Å²) in [5.41, 5.74) is 0.575. The number of carbonyl (C=O) groups excluding carboxylic acids is 2. The molecule has 184 valence electrons. The summed E-state index contributed by atoms with van der Waals surface area (Å²) in [6.07, 6.45) is 0.619. The van der Waals surface area contributed by atoms with Gasteiger partial charge < -0.3 is 15.2 Å². The smallest absolute Gasteiger partial charge is 0.268 e. The van der Waals surface area contributed by atoms with Gasteiger partial charge in [0.05, 0.1) is 5.02 Å². The Hall–Kier alpha value is -3.14. The Kier molecular flexibility index (Phi) is 5.94. The molecule has 2 aliphatic rings. The molecule has 3 atom stereocenters. The average molecular weight is 509 g/mol. The largest absolute Gasteiger partial charge is 0.340 e. The number of halogens is 5. The van der Waals surface area contributed by atoms with Crippen LogP contribution in [0.5, 0.6) is 0 Å². The van der Waals surface area contributed by atoms with Crippen molar-refractivity contribution in [3.8, 4) is 0 Å². The fourth-order valence-electron chi connectivity index (χ4n) is 5.11. The van der Waals surface area contributed by atoms with Crippen LogP contribution in [0.2, 0.25) is 5.02 Å². The Balaban J connectivity index is 1.38. The van der Waals surface area contributed by atoms with Crippen LogP contribution in [0.15, 0.2) is 36.5 Å². The van der Waals surface area contributed by atoms with E-state index in [1.807, 2.05) is 0 Å². The molecule has 5 rings (SSSR count). The number of alkyl halides is 2. The van der Waals surface area contributed by atoms with Gasteiger partial charge >= 0.3 is 0 Å². The molecular formula is C24H21ClF4N4O2. The first-order valence-electron chi connectivity index (χ1n) is 11.1. The number of nitrogens with one attached hydrogen (secondary N) is 2. The van der Waals surface area contributed by atoms with Crippen molar-refractivity contribution in [2.75, 3.05) is 13.1 Å². The minimum Gasteiger partial charge on any atom is -0.340 e. The normalized spacial score (nSPS) is 21.8. The van der Waals surface area contributed by atoms with Crippen LogP contribution in [0.3, 0.4) is 0 Å². The number of amides is 2. The third-order valence-corrected chi connectivity index (χ3v) is 6.94. The second-order valence-corrected chi connectivity index (χ2v) is 9.70. The standard InChI is InChI=1S/C24H21ClF4N4O2/c25-16-3-13-5-19(31-21(13)30-9-16)22(34)32-20(4-12-1-2-17(26)6-18(12)27)23(35)33-10-14-7-24(28,29)8-15(14)11-33/h1-3,5-6,9,14-15,20H,4,7-8,10-11H2,(H,30,31)(H,32,34)/t14-,15?,20-/m0/s1. The van der Waals surface area contributed by atoms with Gasteiger partial charge in [-0.1, -0.05) is 17.7 Å². The van der Waals surface area contributed by atoms with E-state index in [-0.39, 0.29) is 55.4 Å². The van der Waals surface area contributed by atoms with Gasteiger partial charge in [0, 0.05) is 50.0 Å². The van der Waals surface area contributed by atoms with E-state index in [0.29, 0.717) is 22.1 Å². The molecule has 6 nitrogen and oxygen atoms in total. The van der Waals surface area contributed by atoms with E-state index in [2.05, 4.69) is 15.3 Å². The van der Waals surface area contributed by atoms with E-state index in [4.69, 9.17) is 11.6 Å². The maximum atomic E-state index is 14.4. The lowest BCUT2D eigenvalue weighted by molar-refractivity contribution is -0.133. The molecule has 1 aromatic carbocycles. The highest BCUT2D eigenvalue weighted by Crippen LogP contribution is 2.46. The molecule has 0 spiro atoms. The maximum absolute atomic E-state index is 14.4. The first-order chi connectivity index (χ1) is 16.6. The zero-order chi connectivity index (χ0) is 24.9. The topological polar surface area (TPSA) is 78.1 Å². The molecule has 3 heterocycles. The lowest BCUT2D eigenvalue weighted by Crippen LogP contribution is -2.49. The van der Waals surface area contributed by atoms with Crippen LogP contribution in [0.25, 0.3) is 11.0 Å². The first-order valence-corrected chi connectivity index (χ1v) is 11.5. The highest BCUT2D eigenvalue weighted by atomic mass is 35.5. The quantitative estimate of drug-likeness (QED) is 0.503. The Morgan fingerprint density at radius 3 is 2.57 bits per heavy atom. The molecule has 35 heavy (non-hydrogen) atoms. The van der Waals surface area contributed by atoms with Crippen LogP contribution in [0.4, 0.5) is 17.6 Å². The van der Waals surface area contributed by atoms with Gasteiger partial charge in [0.15, 0.2) is 0 Å². The number of likely N-dealkylation sites (tertiary alicyclic amines) is 1. The fourth-order valence-corrected chi connectivity index (χ4v) is 5.27. The van der Waals surface area contributed by atoms with Crippen molar-refractivity contribution in [3.05, 3.63) is 64.4 Å². The van der Waals surface area contributed by atoms with Gasteiger partial charge in [-0.15, -0.1) is 0 Å². The molecule has 2 fully saturated rings. The van der Waals surface area contributed by atoms with E-state index >= 15 is 0 Å². The predicted octanol–water partition coefficient (Wildman–Crippen LogP) is 4.34. The number of H-pyrrole nitrogens is 1. The minimum atomic E-state index is -2.73. The molecule has 2 amide bonds.